The molecule has 0 amide bonds. The molecular formula is C10H17N3S. The zero-order valence-electron chi connectivity index (χ0n) is 8.64. The summed E-state index contributed by atoms with van der Waals surface area (Å²) in [5, 5.41) is 8.06. The summed E-state index contributed by atoms with van der Waals surface area (Å²) >= 11 is 0. The van der Waals surface area contributed by atoms with Crippen LogP contribution in [0.4, 0.5) is 0 Å². The fraction of sp³-hybridized carbons (Fsp3) is 0.400. The maximum Gasteiger partial charge on any atom is 0.131 e. The molecule has 0 saturated heterocycles. The van der Waals surface area contributed by atoms with Crippen LogP contribution in [0.3, 0.4) is 0 Å². The molecule has 4 heteroatoms. The van der Waals surface area contributed by atoms with Crippen molar-refractivity contribution in [2.24, 2.45) is 7.05 Å². The van der Waals surface area contributed by atoms with E-state index >= 15 is 0 Å². The lowest BCUT2D eigenvalue weighted by atomic mass is 10.3. The Labute approximate surface area is 92.0 Å². The first-order valence-electron chi connectivity index (χ1n) is 4.50. The van der Waals surface area contributed by atoms with Crippen molar-refractivity contribution in [1.29, 1.82) is 0 Å². The Morgan fingerprint density at radius 3 is 2.79 bits per heavy atom. The molecule has 0 aliphatic carbocycles. The summed E-state index contributed by atoms with van der Waals surface area (Å²) in [4.78, 5) is 0. The Morgan fingerprint density at radius 1 is 1.29 bits per heavy atom. The van der Waals surface area contributed by atoms with E-state index in [9.17, 15) is 0 Å². The number of aryl methyl sites for hydroxylation is 2. The van der Waals surface area contributed by atoms with Crippen molar-refractivity contribution < 1.29 is 0 Å². The molecule has 0 saturated carbocycles. The van der Waals surface area contributed by atoms with E-state index in [4.69, 9.17) is 0 Å². The summed E-state index contributed by atoms with van der Waals surface area (Å²) in [5.74, 6) is 0.999. The third-order valence-electron chi connectivity index (χ3n) is 1.74. The van der Waals surface area contributed by atoms with Gasteiger partial charge in [0.2, 0.25) is 0 Å². The van der Waals surface area contributed by atoms with Gasteiger partial charge >= 0.3 is 0 Å². The standard InChI is InChI=1S/C10H15N3.H2S/c1-3-7-10-12-11-8-5-4-6-9-13(10)2;/h4-6,8-9H,3,7H2,1-2H3;1H2. The van der Waals surface area contributed by atoms with Gasteiger partial charge in [0.25, 0.3) is 0 Å². The summed E-state index contributed by atoms with van der Waals surface area (Å²) in [6.07, 6.45) is 5.72. The second-order valence-corrected chi connectivity index (χ2v) is 2.87. The lowest BCUT2D eigenvalue weighted by Crippen LogP contribution is -2.01. The average Bonchev–Trinajstić information content (AvgIpc) is 2.21. The highest BCUT2D eigenvalue weighted by atomic mass is 32.1. The third-order valence-corrected chi connectivity index (χ3v) is 1.74. The Balaban J connectivity index is 0.00000169. The molecule has 0 bridgehead atoms. The number of hydrogen-bond donors (Lipinski definition) is 0. The molecule has 0 atom stereocenters. The monoisotopic (exact) mass is 211 g/mol. The molecule has 0 spiro atoms. The minimum atomic E-state index is 0. The van der Waals surface area contributed by atoms with Crippen molar-refractivity contribution in [2.75, 3.05) is 0 Å². The maximum absolute atomic E-state index is 4.12. The van der Waals surface area contributed by atoms with Crippen LogP contribution in [0.1, 0.15) is 19.2 Å². The first-order chi connectivity index (χ1) is 6.34. The fourth-order valence-corrected chi connectivity index (χ4v) is 1.04. The van der Waals surface area contributed by atoms with Gasteiger partial charge in [-0.3, -0.25) is 0 Å². The highest BCUT2D eigenvalue weighted by Gasteiger charge is 1.91. The number of hydrogen-bond acceptors (Lipinski definition) is 2. The summed E-state index contributed by atoms with van der Waals surface area (Å²) in [6, 6.07) is 5.77. The topological polar surface area (TPSA) is 30.7 Å². The normalized spacial score (nSPS) is 8.71. The van der Waals surface area contributed by atoms with Crippen LogP contribution in [0.2, 0.25) is 0 Å². The molecule has 1 rings (SSSR count). The van der Waals surface area contributed by atoms with E-state index in [1.807, 2.05) is 36.0 Å². The number of aromatic nitrogens is 3. The van der Waals surface area contributed by atoms with Gasteiger partial charge in [0.15, 0.2) is 0 Å². The highest BCUT2D eigenvalue weighted by molar-refractivity contribution is 7.59. The molecule has 0 radical (unpaired) electrons. The van der Waals surface area contributed by atoms with Crippen LogP contribution in [-0.2, 0) is 13.5 Å². The SMILES string of the molecule is CCCc1nncccccn1C.S. The van der Waals surface area contributed by atoms with Crippen LogP contribution in [0, 0.1) is 0 Å². The van der Waals surface area contributed by atoms with Crippen LogP contribution < -0.4 is 0 Å². The van der Waals surface area contributed by atoms with Crippen LogP contribution >= 0.6 is 13.5 Å². The van der Waals surface area contributed by atoms with E-state index in [1.165, 1.54) is 0 Å². The lowest BCUT2D eigenvalue weighted by molar-refractivity contribution is 0.710. The lowest BCUT2D eigenvalue weighted by Gasteiger charge is -2.00. The van der Waals surface area contributed by atoms with Gasteiger partial charge in [-0.05, 0) is 18.6 Å². The molecule has 0 aliphatic rings. The summed E-state index contributed by atoms with van der Waals surface area (Å²) < 4.78 is 2.00. The van der Waals surface area contributed by atoms with Crippen molar-refractivity contribution in [3.63, 3.8) is 0 Å². The first-order valence-corrected chi connectivity index (χ1v) is 4.50. The summed E-state index contributed by atoms with van der Waals surface area (Å²) in [6.45, 7) is 2.13. The van der Waals surface area contributed by atoms with Gasteiger partial charge in [0, 0.05) is 25.9 Å². The van der Waals surface area contributed by atoms with Crippen molar-refractivity contribution >= 4 is 13.5 Å². The predicted molar refractivity (Wildman–Crippen MR) is 63.0 cm³/mol. The van der Waals surface area contributed by atoms with Crippen molar-refractivity contribution in [1.82, 2.24) is 14.8 Å². The molecule has 0 aliphatic heterocycles. The van der Waals surface area contributed by atoms with Gasteiger partial charge in [-0.25, -0.2) is 0 Å². The Bertz CT molecular complexity index is 308. The highest BCUT2D eigenvalue weighted by Crippen LogP contribution is 1.93. The molecule has 0 aromatic carbocycles. The van der Waals surface area contributed by atoms with Gasteiger partial charge in [-0.1, -0.05) is 13.0 Å². The molecule has 0 fully saturated rings. The van der Waals surface area contributed by atoms with E-state index in [0.29, 0.717) is 0 Å². The Hall–Kier alpha value is -1.03. The first kappa shape index (κ1) is 13.0. The second kappa shape index (κ2) is 7.38. The molecule has 14 heavy (non-hydrogen) atoms. The van der Waals surface area contributed by atoms with Gasteiger partial charge in [-0.15, -0.1) is 5.10 Å². The van der Waals surface area contributed by atoms with Crippen LogP contribution in [0.5, 0.6) is 0 Å². The molecule has 1 aromatic rings. The van der Waals surface area contributed by atoms with Gasteiger partial charge < -0.3 is 4.57 Å². The maximum atomic E-state index is 4.12. The van der Waals surface area contributed by atoms with Gasteiger partial charge in [0.05, 0.1) is 0 Å². The largest absolute Gasteiger partial charge is 0.338 e. The van der Waals surface area contributed by atoms with Crippen molar-refractivity contribution in [2.45, 2.75) is 19.8 Å². The van der Waals surface area contributed by atoms with Crippen LogP contribution in [0.25, 0.3) is 0 Å². The molecule has 1 heterocycles. The van der Waals surface area contributed by atoms with E-state index in [1.54, 1.807) is 6.20 Å². The number of rotatable bonds is 2. The molecule has 78 valence electrons. The quantitative estimate of drug-likeness (QED) is 0.749. The second-order valence-electron chi connectivity index (χ2n) is 2.87. The third kappa shape index (κ3) is 4.28. The zero-order chi connectivity index (χ0) is 9.52. The Kier molecular flexibility index (Phi) is 6.84. The summed E-state index contributed by atoms with van der Waals surface area (Å²) in [7, 11) is 1.99. The van der Waals surface area contributed by atoms with Crippen molar-refractivity contribution in [3.8, 4) is 0 Å². The van der Waals surface area contributed by atoms with E-state index in [0.717, 1.165) is 18.7 Å². The van der Waals surface area contributed by atoms with E-state index in [2.05, 4.69) is 17.1 Å². The molecular weight excluding hydrogens is 194 g/mol. The molecule has 1 aromatic heterocycles. The van der Waals surface area contributed by atoms with Gasteiger partial charge in [0.1, 0.15) is 5.82 Å². The minimum absolute atomic E-state index is 0. The van der Waals surface area contributed by atoms with Crippen molar-refractivity contribution in [3.05, 3.63) is 36.4 Å². The van der Waals surface area contributed by atoms with Crippen LogP contribution in [0.15, 0.2) is 30.6 Å². The molecule has 0 unspecified atom stereocenters. The van der Waals surface area contributed by atoms with E-state index < -0.39 is 0 Å². The zero-order valence-corrected chi connectivity index (χ0v) is 9.64. The summed E-state index contributed by atoms with van der Waals surface area (Å²) in [5.41, 5.74) is 0. The van der Waals surface area contributed by atoms with Gasteiger partial charge in [-0.2, -0.15) is 18.6 Å². The average molecular weight is 211 g/mol. The fourth-order valence-electron chi connectivity index (χ4n) is 1.04. The Morgan fingerprint density at radius 2 is 2.07 bits per heavy atom. The predicted octanol–water partition coefficient (Wildman–Crippen LogP) is 2.00. The minimum Gasteiger partial charge on any atom is -0.338 e. The van der Waals surface area contributed by atoms with E-state index in [-0.39, 0.29) is 13.5 Å². The molecule has 3 nitrogen and oxygen atoms in total. The number of nitrogens with zero attached hydrogens (tertiary/aromatic N) is 3. The smallest absolute Gasteiger partial charge is 0.131 e. The molecule has 0 N–H and O–H groups in total. The van der Waals surface area contributed by atoms with Crippen LogP contribution in [-0.4, -0.2) is 14.8 Å².